The van der Waals surface area contributed by atoms with E-state index in [1.807, 2.05) is 0 Å². The molecule has 0 saturated heterocycles. The lowest BCUT2D eigenvalue weighted by Crippen LogP contribution is -2.19. The number of hydrogen-bond donors (Lipinski definition) is 0. The molecule has 0 aromatic carbocycles. The summed E-state index contributed by atoms with van der Waals surface area (Å²) in [5.74, 6) is 0.813. The number of alkyl halides is 1. The van der Waals surface area contributed by atoms with Crippen LogP contribution >= 0.6 is 11.6 Å². The maximum Gasteiger partial charge on any atom is 0.0598 e. The average molecular weight is 221 g/mol. The molecule has 0 spiro atoms. The first-order chi connectivity index (χ1) is 6.56. The highest BCUT2D eigenvalue weighted by molar-refractivity contribution is 6.17. The number of rotatable bonds is 8. The number of halogens is 1. The van der Waals surface area contributed by atoms with Crippen LogP contribution in [0.1, 0.15) is 59.3 Å². The summed E-state index contributed by atoms with van der Waals surface area (Å²) in [4.78, 5) is 0. The zero-order valence-corrected chi connectivity index (χ0v) is 10.7. The summed E-state index contributed by atoms with van der Waals surface area (Å²) in [5.41, 5.74) is 0.0264. The summed E-state index contributed by atoms with van der Waals surface area (Å²) in [6.45, 7) is 7.22. The van der Waals surface area contributed by atoms with Crippen LogP contribution in [-0.4, -0.2) is 18.1 Å². The molecule has 0 unspecified atom stereocenters. The molecule has 0 aromatic rings. The highest BCUT2D eigenvalue weighted by Gasteiger charge is 2.08. The third-order valence-corrected chi connectivity index (χ3v) is 2.33. The Bertz CT molecular complexity index is 118. The van der Waals surface area contributed by atoms with Gasteiger partial charge in [0.2, 0.25) is 0 Å². The van der Waals surface area contributed by atoms with Crippen molar-refractivity contribution >= 4 is 11.6 Å². The molecule has 0 rings (SSSR count). The van der Waals surface area contributed by atoms with Crippen molar-refractivity contribution in [1.82, 2.24) is 0 Å². The van der Waals surface area contributed by atoms with Crippen LogP contribution in [-0.2, 0) is 4.74 Å². The lowest BCUT2D eigenvalue weighted by atomic mass is 10.1. The summed E-state index contributed by atoms with van der Waals surface area (Å²) in [5, 5.41) is 0. The van der Waals surface area contributed by atoms with Crippen LogP contribution in [0.25, 0.3) is 0 Å². The molecule has 0 N–H and O–H groups in total. The largest absolute Gasteiger partial charge is 0.376 e. The van der Waals surface area contributed by atoms with E-state index in [1.165, 1.54) is 38.5 Å². The Hall–Kier alpha value is 0.250. The third-order valence-electron chi connectivity index (χ3n) is 2.06. The van der Waals surface area contributed by atoms with Crippen LogP contribution in [0.4, 0.5) is 0 Å². The number of ether oxygens (including phenoxy) is 1. The predicted molar refractivity (Wildman–Crippen MR) is 64.1 cm³/mol. The van der Waals surface area contributed by atoms with Gasteiger partial charge in [0.05, 0.1) is 5.60 Å². The minimum atomic E-state index is 0.0264. The molecule has 0 aliphatic rings. The minimum Gasteiger partial charge on any atom is -0.376 e. The Morgan fingerprint density at radius 2 is 1.36 bits per heavy atom. The Labute approximate surface area is 94.2 Å². The van der Waals surface area contributed by atoms with Gasteiger partial charge < -0.3 is 4.74 Å². The van der Waals surface area contributed by atoms with E-state index in [4.69, 9.17) is 16.3 Å². The van der Waals surface area contributed by atoms with Crippen molar-refractivity contribution in [2.24, 2.45) is 0 Å². The van der Waals surface area contributed by atoms with Crippen molar-refractivity contribution in [3.8, 4) is 0 Å². The molecule has 0 heterocycles. The summed E-state index contributed by atoms with van der Waals surface area (Å²) >= 11 is 5.59. The summed E-state index contributed by atoms with van der Waals surface area (Å²) in [6, 6.07) is 0. The van der Waals surface area contributed by atoms with Gasteiger partial charge >= 0.3 is 0 Å². The fraction of sp³-hybridized carbons (Fsp3) is 1.00. The number of unbranched alkanes of at least 4 members (excludes halogenated alkanes) is 5. The van der Waals surface area contributed by atoms with Gasteiger partial charge in [-0.2, -0.15) is 0 Å². The van der Waals surface area contributed by atoms with E-state index in [1.54, 1.807) is 0 Å². The molecule has 0 fully saturated rings. The molecule has 0 aliphatic heterocycles. The Kier molecular flexibility index (Phi) is 8.70. The van der Waals surface area contributed by atoms with Gasteiger partial charge in [-0.3, -0.25) is 0 Å². The molecule has 86 valence electrons. The van der Waals surface area contributed by atoms with Gasteiger partial charge in [0.1, 0.15) is 0 Å². The van der Waals surface area contributed by atoms with E-state index in [9.17, 15) is 0 Å². The van der Waals surface area contributed by atoms with Crippen molar-refractivity contribution in [3.05, 3.63) is 0 Å². The average Bonchev–Trinajstić information content (AvgIpc) is 2.08. The van der Waals surface area contributed by atoms with Crippen LogP contribution in [0.2, 0.25) is 0 Å². The predicted octanol–water partition coefficient (Wildman–Crippen LogP) is 4.38. The van der Waals surface area contributed by atoms with Gasteiger partial charge in [-0.1, -0.05) is 25.7 Å². The van der Waals surface area contributed by atoms with Crippen LogP contribution < -0.4 is 0 Å². The molecule has 14 heavy (non-hydrogen) atoms. The van der Waals surface area contributed by atoms with Gasteiger partial charge in [-0.25, -0.2) is 0 Å². The first kappa shape index (κ1) is 14.2. The Morgan fingerprint density at radius 3 is 1.86 bits per heavy atom. The topological polar surface area (TPSA) is 9.23 Å². The van der Waals surface area contributed by atoms with Gasteiger partial charge in [-0.05, 0) is 33.6 Å². The van der Waals surface area contributed by atoms with Crippen molar-refractivity contribution in [3.63, 3.8) is 0 Å². The highest BCUT2D eigenvalue weighted by atomic mass is 35.5. The fourth-order valence-electron chi connectivity index (χ4n) is 1.28. The normalized spacial score (nSPS) is 12.0. The molecular formula is C12H25ClO. The lowest BCUT2D eigenvalue weighted by molar-refractivity contribution is -0.00474. The monoisotopic (exact) mass is 220 g/mol. The molecular weight excluding hydrogens is 196 g/mol. The Balaban J connectivity index is 2.99. The second-order valence-electron chi connectivity index (χ2n) is 4.77. The van der Waals surface area contributed by atoms with E-state index >= 15 is 0 Å². The molecule has 0 saturated carbocycles. The number of hydrogen-bond acceptors (Lipinski definition) is 1. The van der Waals surface area contributed by atoms with Crippen LogP contribution in [0.5, 0.6) is 0 Å². The maximum absolute atomic E-state index is 5.64. The van der Waals surface area contributed by atoms with Crippen molar-refractivity contribution < 1.29 is 4.74 Å². The smallest absolute Gasteiger partial charge is 0.0598 e. The molecule has 0 aliphatic carbocycles. The molecule has 0 aromatic heterocycles. The quantitative estimate of drug-likeness (QED) is 0.436. The lowest BCUT2D eigenvalue weighted by Gasteiger charge is -2.19. The molecule has 0 amide bonds. The zero-order chi connectivity index (χ0) is 10.9. The first-order valence-corrected chi connectivity index (χ1v) is 6.29. The minimum absolute atomic E-state index is 0.0264. The molecule has 0 bridgehead atoms. The fourth-order valence-corrected chi connectivity index (χ4v) is 1.47. The van der Waals surface area contributed by atoms with Gasteiger partial charge in [0, 0.05) is 12.5 Å². The van der Waals surface area contributed by atoms with Crippen LogP contribution in [0, 0.1) is 0 Å². The summed E-state index contributed by atoms with van der Waals surface area (Å²) in [6.07, 6.45) is 7.58. The van der Waals surface area contributed by atoms with Crippen molar-refractivity contribution in [2.75, 3.05) is 12.5 Å². The van der Waals surface area contributed by atoms with Gasteiger partial charge in [-0.15, -0.1) is 11.6 Å². The van der Waals surface area contributed by atoms with Crippen molar-refractivity contribution in [1.29, 1.82) is 0 Å². The van der Waals surface area contributed by atoms with Gasteiger partial charge in [0.25, 0.3) is 0 Å². The molecule has 1 nitrogen and oxygen atoms in total. The van der Waals surface area contributed by atoms with Crippen LogP contribution in [0.3, 0.4) is 0 Å². The summed E-state index contributed by atoms with van der Waals surface area (Å²) < 4.78 is 5.64. The molecule has 0 atom stereocenters. The van der Waals surface area contributed by atoms with Crippen LogP contribution in [0.15, 0.2) is 0 Å². The molecule has 2 heteroatoms. The van der Waals surface area contributed by atoms with Gasteiger partial charge in [0.15, 0.2) is 0 Å². The third kappa shape index (κ3) is 12.2. The Morgan fingerprint density at radius 1 is 0.857 bits per heavy atom. The first-order valence-electron chi connectivity index (χ1n) is 5.76. The second-order valence-corrected chi connectivity index (χ2v) is 5.15. The SMILES string of the molecule is CC(C)(C)OCCCCCCCCCl. The van der Waals surface area contributed by atoms with E-state index in [0.717, 1.165) is 12.5 Å². The van der Waals surface area contributed by atoms with E-state index in [0.29, 0.717) is 0 Å². The van der Waals surface area contributed by atoms with Crippen molar-refractivity contribution in [2.45, 2.75) is 64.9 Å². The van der Waals surface area contributed by atoms with E-state index in [-0.39, 0.29) is 5.60 Å². The highest BCUT2D eigenvalue weighted by Crippen LogP contribution is 2.10. The maximum atomic E-state index is 5.64. The molecule has 0 radical (unpaired) electrons. The zero-order valence-electron chi connectivity index (χ0n) is 9.94. The van der Waals surface area contributed by atoms with E-state index < -0.39 is 0 Å². The summed E-state index contributed by atoms with van der Waals surface area (Å²) in [7, 11) is 0. The second kappa shape index (κ2) is 8.55. The standard InChI is InChI=1S/C12H25ClO/c1-12(2,3)14-11-9-7-5-4-6-8-10-13/h4-11H2,1-3H3. The van der Waals surface area contributed by atoms with E-state index in [2.05, 4.69) is 20.8 Å².